The van der Waals surface area contributed by atoms with Gasteiger partial charge in [0.1, 0.15) is 0 Å². The van der Waals surface area contributed by atoms with E-state index in [1.54, 1.807) is 0 Å². The number of amides is 1. The summed E-state index contributed by atoms with van der Waals surface area (Å²) in [5.74, 6) is 2.46. The normalized spacial score (nSPS) is 19.6. The first-order chi connectivity index (χ1) is 12.7. The van der Waals surface area contributed by atoms with Gasteiger partial charge in [0.05, 0.1) is 10.6 Å². The second kappa shape index (κ2) is 9.26. The van der Waals surface area contributed by atoms with Gasteiger partial charge in [0.25, 0.3) is 5.91 Å². The molecule has 0 spiro atoms. The van der Waals surface area contributed by atoms with Crippen LogP contribution in [-0.4, -0.2) is 17.4 Å². The molecule has 27 heavy (non-hydrogen) atoms. The van der Waals surface area contributed by atoms with Crippen LogP contribution < -0.4 is 11.1 Å². The molecule has 0 bridgehead atoms. The molecule has 1 heterocycles. The Hall–Kier alpha value is -1.30. The van der Waals surface area contributed by atoms with Gasteiger partial charge in [-0.2, -0.15) is 0 Å². The second-order valence-corrected chi connectivity index (χ2v) is 9.65. The van der Waals surface area contributed by atoms with Crippen LogP contribution in [0.15, 0.2) is 42.5 Å². The number of thioether (sulfide) groups is 2. The molecule has 1 aliphatic heterocycles. The topological polar surface area (TPSA) is 55.1 Å². The molecule has 6 heteroatoms. The Balaban J connectivity index is 0.00000210. The predicted molar refractivity (Wildman–Crippen MR) is 120 cm³/mol. The van der Waals surface area contributed by atoms with Crippen LogP contribution in [0.1, 0.15) is 56.9 Å². The van der Waals surface area contributed by atoms with Crippen LogP contribution in [0.4, 0.5) is 5.69 Å². The zero-order valence-corrected chi connectivity index (χ0v) is 17.6. The number of anilines is 1. The van der Waals surface area contributed by atoms with Crippen LogP contribution in [-0.2, 0) is 6.42 Å². The molecule has 144 valence electrons. The number of halogens is 1. The third kappa shape index (κ3) is 4.76. The molecule has 2 aromatic rings. The summed E-state index contributed by atoms with van der Waals surface area (Å²) in [6.07, 6.45) is 4.39. The lowest BCUT2D eigenvalue weighted by Crippen LogP contribution is -2.31. The van der Waals surface area contributed by atoms with Gasteiger partial charge in [0.15, 0.2) is 0 Å². The maximum Gasteiger partial charge on any atom is 0.251 e. The fraction of sp³-hybridized carbons (Fsp3) is 0.381. The third-order valence-corrected chi connectivity index (χ3v) is 8.07. The number of nitrogens with one attached hydrogen (secondary N) is 1. The summed E-state index contributed by atoms with van der Waals surface area (Å²) in [4.78, 5) is 12.7. The highest BCUT2D eigenvalue weighted by Crippen LogP contribution is 2.43. The maximum atomic E-state index is 12.7. The Kier molecular flexibility index (Phi) is 7.01. The smallest absolute Gasteiger partial charge is 0.251 e. The average molecular weight is 421 g/mol. The molecule has 4 rings (SSSR count). The zero-order valence-electron chi connectivity index (χ0n) is 15.1. The molecule has 1 unspecified atom stereocenters. The standard InChI is InChI=1S/C21H24N2OS2.ClH/c22-17-9-10-18-16(13-17)3-1-4-19(18)23-20(24)14-5-7-15(8-6-14)21-25-11-2-12-26-21;/h5-10,13,19,21H,1-4,11-12,22H2,(H,23,24);1H. The molecule has 2 aliphatic rings. The summed E-state index contributed by atoms with van der Waals surface area (Å²) in [7, 11) is 0. The van der Waals surface area contributed by atoms with Crippen molar-refractivity contribution >= 4 is 47.5 Å². The molecule has 3 N–H and O–H groups in total. The van der Waals surface area contributed by atoms with Crippen LogP contribution in [0, 0.1) is 0 Å². The van der Waals surface area contributed by atoms with Crippen molar-refractivity contribution in [1.82, 2.24) is 5.32 Å². The second-order valence-electron chi connectivity index (χ2n) is 6.93. The predicted octanol–water partition coefficient (Wildman–Crippen LogP) is 5.37. The largest absolute Gasteiger partial charge is 0.399 e. The van der Waals surface area contributed by atoms with Crippen LogP contribution in [0.3, 0.4) is 0 Å². The van der Waals surface area contributed by atoms with Crippen molar-refractivity contribution in [3.8, 4) is 0 Å². The molecule has 1 amide bonds. The first kappa shape index (κ1) is 20.4. The molecular formula is C21H25ClN2OS2. The Bertz CT molecular complexity index is 791. The molecule has 2 aromatic carbocycles. The van der Waals surface area contributed by atoms with E-state index in [1.807, 2.05) is 47.8 Å². The number of nitrogens with two attached hydrogens (primary N) is 1. The number of nitrogen functional groups attached to an aromatic ring is 1. The summed E-state index contributed by atoms with van der Waals surface area (Å²) in [6.45, 7) is 0. The van der Waals surface area contributed by atoms with E-state index >= 15 is 0 Å². The van der Waals surface area contributed by atoms with Gasteiger partial charge in [-0.15, -0.1) is 35.9 Å². The van der Waals surface area contributed by atoms with Gasteiger partial charge in [-0.3, -0.25) is 4.79 Å². The Morgan fingerprint density at radius 1 is 1.04 bits per heavy atom. The zero-order chi connectivity index (χ0) is 17.9. The third-order valence-electron chi connectivity index (χ3n) is 5.06. The molecular weight excluding hydrogens is 396 g/mol. The van der Waals surface area contributed by atoms with Crippen molar-refractivity contribution in [2.75, 3.05) is 17.2 Å². The van der Waals surface area contributed by atoms with Crippen LogP contribution in [0.5, 0.6) is 0 Å². The van der Waals surface area contributed by atoms with E-state index in [0.29, 0.717) is 4.58 Å². The summed E-state index contributed by atoms with van der Waals surface area (Å²) < 4.78 is 0.511. The lowest BCUT2D eigenvalue weighted by Gasteiger charge is -2.27. The number of hydrogen-bond acceptors (Lipinski definition) is 4. The highest BCUT2D eigenvalue weighted by molar-refractivity contribution is 8.16. The van der Waals surface area contributed by atoms with E-state index in [-0.39, 0.29) is 24.4 Å². The van der Waals surface area contributed by atoms with E-state index in [1.165, 1.54) is 34.6 Å². The van der Waals surface area contributed by atoms with Crippen molar-refractivity contribution in [3.05, 3.63) is 64.7 Å². The first-order valence-electron chi connectivity index (χ1n) is 9.23. The maximum absolute atomic E-state index is 12.7. The minimum atomic E-state index is 0. The number of rotatable bonds is 3. The van der Waals surface area contributed by atoms with Crippen molar-refractivity contribution in [3.63, 3.8) is 0 Å². The van der Waals surface area contributed by atoms with Crippen LogP contribution >= 0.6 is 35.9 Å². The monoisotopic (exact) mass is 420 g/mol. The number of hydrogen-bond donors (Lipinski definition) is 2. The fourth-order valence-electron chi connectivity index (χ4n) is 3.70. The Morgan fingerprint density at radius 2 is 1.78 bits per heavy atom. The van der Waals surface area contributed by atoms with Crippen LogP contribution in [0.25, 0.3) is 0 Å². The van der Waals surface area contributed by atoms with Gasteiger partial charge in [0, 0.05) is 11.3 Å². The van der Waals surface area contributed by atoms with Crippen molar-refractivity contribution < 1.29 is 4.79 Å². The molecule has 3 nitrogen and oxygen atoms in total. The molecule has 0 aromatic heterocycles. The van der Waals surface area contributed by atoms with Gasteiger partial charge >= 0.3 is 0 Å². The number of aryl methyl sites for hydroxylation is 1. The van der Waals surface area contributed by atoms with Gasteiger partial charge in [-0.05, 0) is 78.1 Å². The van der Waals surface area contributed by atoms with E-state index < -0.39 is 0 Å². The quantitative estimate of drug-likeness (QED) is 0.655. The summed E-state index contributed by atoms with van der Waals surface area (Å²) in [5, 5.41) is 3.22. The molecule has 1 saturated heterocycles. The highest BCUT2D eigenvalue weighted by Gasteiger charge is 2.23. The van der Waals surface area contributed by atoms with Crippen molar-refractivity contribution in [1.29, 1.82) is 0 Å². The molecule has 0 radical (unpaired) electrons. The van der Waals surface area contributed by atoms with E-state index in [2.05, 4.69) is 23.5 Å². The summed E-state index contributed by atoms with van der Waals surface area (Å²) in [5.41, 5.74) is 11.2. The number of carbonyl (C=O) groups is 1. The Labute approximate surface area is 175 Å². The minimum absolute atomic E-state index is 0. The summed E-state index contributed by atoms with van der Waals surface area (Å²) >= 11 is 4.01. The van der Waals surface area contributed by atoms with E-state index in [4.69, 9.17) is 5.73 Å². The molecule has 1 fully saturated rings. The average Bonchev–Trinajstić information content (AvgIpc) is 2.69. The fourth-order valence-corrected chi connectivity index (χ4v) is 6.59. The van der Waals surface area contributed by atoms with Gasteiger partial charge in [-0.25, -0.2) is 0 Å². The lowest BCUT2D eigenvalue weighted by molar-refractivity contribution is 0.0933. The first-order valence-corrected chi connectivity index (χ1v) is 11.3. The minimum Gasteiger partial charge on any atom is -0.399 e. The molecule has 1 atom stereocenters. The summed E-state index contributed by atoms with van der Waals surface area (Å²) in [6, 6.07) is 14.3. The molecule has 0 saturated carbocycles. The van der Waals surface area contributed by atoms with Crippen LogP contribution in [0.2, 0.25) is 0 Å². The van der Waals surface area contributed by atoms with Gasteiger partial charge < -0.3 is 11.1 Å². The lowest BCUT2D eigenvalue weighted by atomic mass is 9.87. The number of benzene rings is 2. The number of fused-ring (bicyclic) bond motifs is 1. The molecule has 1 aliphatic carbocycles. The van der Waals surface area contributed by atoms with E-state index in [9.17, 15) is 4.79 Å². The number of carbonyl (C=O) groups excluding carboxylic acids is 1. The Morgan fingerprint density at radius 3 is 2.52 bits per heavy atom. The van der Waals surface area contributed by atoms with Crippen molar-refractivity contribution in [2.45, 2.75) is 36.3 Å². The van der Waals surface area contributed by atoms with Crippen molar-refractivity contribution in [2.24, 2.45) is 0 Å². The highest BCUT2D eigenvalue weighted by atomic mass is 35.5. The van der Waals surface area contributed by atoms with E-state index in [0.717, 1.165) is 30.5 Å². The SMILES string of the molecule is Cl.Nc1ccc2c(c1)CCCC2NC(=O)c1ccc(C2SCCCS2)cc1. The van der Waals surface area contributed by atoms with Gasteiger partial charge in [0.2, 0.25) is 0 Å². The van der Waals surface area contributed by atoms with Gasteiger partial charge in [-0.1, -0.05) is 18.2 Å².